The van der Waals surface area contributed by atoms with Gasteiger partial charge in [0.05, 0.1) is 23.0 Å². The summed E-state index contributed by atoms with van der Waals surface area (Å²) >= 11 is 0. The summed E-state index contributed by atoms with van der Waals surface area (Å²) in [5.41, 5.74) is 0.579. The van der Waals surface area contributed by atoms with Crippen molar-refractivity contribution < 1.29 is 48.6 Å². The van der Waals surface area contributed by atoms with Crippen LogP contribution in [0.4, 0.5) is 0 Å². The standard InChI is InChI=1S/C19H16O5.Na/c1-11(2)23-16-6-4-3-5-13(16)18-10-15(20)14-9-12(19(21)22)7-8-17(14)24-18;/h3-11H,1-2H3,(H,21,22);/q;+1/p-1. The fourth-order valence-corrected chi connectivity index (χ4v) is 2.44. The fraction of sp³-hybridized carbons (Fsp3) is 0.158. The molecule has 1 heterocycles. The van der Waals surface area contributed by atoms with E-state index in [1.807, 2.05) is 26.0 Å². The van der Waals surface area contributed by atoms with Gasteiger partial charge in [0, 0.05) is 6.07 Å². The Morgan fingerprint density at radius 2 is 1.84 bits per heavy atom. The molecule has 0 fully saturated rings. The zero-order valence-electron chi connectivity index (χ0n) is 14.2. The van der Waals surface area contributed by atoms with E-state index in [9.17, 15) is 14.7 Å². The third-order valence-corrected chi connectivity index (χ3v) is 3.48. The second-order valence-corrected chi connectivity index (χ2v) is 5.64. The van der Waals surface area contributed by atoms with Gasteiger partial charge in [0.15, 0.2) is 5.43 Å². The van der Waals surface area contributed by atoms with Crippen LogP contribution >= 0.6 is 0 Å². The second kappa shape index (κ2) is 7.87. The van der Waals surface area contributed by atoms with Crippen molar-refractivity contribution in [3.63, 3.8) is 0 Å². The Hall–Kier alpha value is -2.08. The Kier molecular flexibility index (Phi) is 6.06. The maximum Gasteiger partial charge on any atom is 1.00 e. The van der Waals surface area contributed by atoms with E-state index in [0.29, 0.717) is 22.7 Å². The molecule has 0 spiro atoms. The van der Waals surface area contributed by atoms with Gasteiger partial charge in [-0.25, -0.2) is 0 Å². The smallest absolute Gasteiger partial charge is 0.545 e. The first kappa shape index (κ1) is 19.2. The molecule has 6 heteroatoms. The Labute approximate surface area is 166 Å². The molecule has 0 amide bonds. The summed E-state index contributed by atoms with van der Waals surface area (Å²) in [6.07, 6.45) is -0.0241. The summed E-state index contributed by atoms with van der Waals surface area (Å²) < 4.78 is 11.5. The number of aromatic carboxylic acids is 1. The van der Waals surface area contributed by atoms with Crippen molar-refractivity contribution in [1.29, 1.82) is 0 Å². The third-order valence-electron chi connectivity index (χ3n) is 3.48. The largest absolute Gasteiger partial charge is 1.00 e. The van der Waals surface area contributed by atoms with Crippen molar-refractivity contribution in [3.05, 3.63) is 64.3 Å². The average Bonchev–Trinajstić information content (AvgIpc) is 2.54. The van der Waals surface area contributed by atoms with E-state index >= 15 is 0 Å². The normalized spacial score (nSPS) is 10.5. The Morgan fingerprint density at radius 1 is 1.12 bits per heavy atom. The minimum Gasteiger partial charge on any atom is -0.545 e. The number of para-hydroxylation sites is 1. The van der Waals surface area contributed by atoms with Crippen LogP contribution in [0.1, 0.15) is 24.2 Å². The van der Waals surface area contributed by atoms with Gasteiger partial charge in [0.1, 0.15) is 17.1 Å². The van der Waals surface area contributed by atoms with Gasteiger partial charge >= 0.3 is 29.6 Å². The first-order valence-electron chi connectivity index (χ1n) is 7.51. The molecule has 0 radical (unpaired) electrons. The van der Waals surface area contributed by atoms with Crippen LogP contribution in [-0.4, -0.2) is 12.1 Å². The Morgan fingerprint density at radius 3 is 2.52 bits per heavy atom. The SMILES string of the molecule is CC(C)Oc1ccccc1-c1cc(=O)c2cc(C(=O)[O-])ccc2o1.[Na+]. The number of hydrogen-bond acceptors (Lipinski definition) is 5. The predicted octanol–water partition coefficient (Wildman–Crippen LogP) is -0.385. The fourth-order valence-electron chi connectivity index (χ4n) is 2.44. The van der Waals surface area contributed by atoms with Crippen LogP contribution < -0.4 is 44.8 Å². The van der Waals surface area contributed by atoms with Gasteiger partial charge in [-0.05, 0) is 49.7 Å². The molecule has 2 aromatic carbocycles. The molecular formula is C19H15NaO5. The molecule has 0 unspecified atom stereocenters. The van der Waals surface area contributed by atoms with E-state index in [1.165, 1.54) is 24.3 Å². The molecule has 122 valence electrons. The van der Waals surface area contributed by atoms with Crippen LogP contribution in [-0.2, 0) is 0 Å². The molecule has 1 aromatic heterocycles. The summed E-state index contributed by atoms with van der Waals surface area (Å²) in [5, 5.41) is 11.1. The van der Waals surface area contributed by atoms with Crippen molar-refractivity contribution in [3.8, 4) is 17.1 Å². The maximum atomic E-state index is 12.4. The minimum absolute atomic E-state index is 0. The summed E-state index contributed by atoms with van der Waals surface area (Å²) in [7, 11) is 0. The topological polar surface area (TPSA) is 79.6 Å². The second-order valence-electron chi connectivity index (χ2n) is 5.64. The first-order chi connectivity index (χ1) is 11.5. The Bertz CT molecular complexity index is 975. The molecule has 5 nitrogen and oxygen atoms in total. The van der Waals surface area contributed by atoms with E-state index in [0.717, 1.165) is 0 Å². The molecule has 3 rings (SSSR count). The van der Waals surface area contributed by atoms with Crippen molar-refractivity contribution in [1.82, 2.24) is 0 Å². The molecule has 0 saturated heterocycles. The number of carboxylic acid groups (broad SMARTS) is 1. The third kappa shape index (κ3) is 4.12. The van der Waals surface area contributed by atoms with Crippen LogP contribution in [0.2, 0.25) is 0 Å². The molecule has 0 atom stereocenters. The summed E-state index contributed by atoms with van der Waals surface area (Å²) in [5.74, 6) is -0.359. The average molecular weight is 346 g/mol. The Balaban J connectivity index is 0.00000225. The van der Waals surface area contributed by atoms with Crippen LogP contribution in [0.25, 0.3) is 22.3 Å². The van der Waals surface area contributed by atoms with Crippen LogP contribution in [0, 0.1) is 0 Å². The molecule has 0 aliphatic carbocycles. The van der Waals surface area contributed by atoms with Gasteiger partial charge in [0.25, 0.3) is 0 Å². The molecular weight excluding hydrogens is 331 g/mol. The summed E-state index contributed by atoms with van der Waals surface area (Å²) in [6, 6.07) is 12.7. The van der Waals surface area contributed by atoms with Gasteiger partial charge < -0.3 is 19.1 Å². The van der Waals surface area contributed by atoms with Crippen molar-refractivity contribution >= 4 is 16.9 Å². The van der Waals surface area contributed by atoms with Crippen molar-refractivity contribution in [2.24, 2.45) is 0 Å². The number of carboxylic acids is 1. The van der Waals surface area contributed by atoms with Crippen molar-refractivity contribution in [2.75, 3.05) is 0 Å². The molecule has 0 saturated carbocycles. The minimum atomic E-state index is -1.34. The van der Waals surface area contributed by atoms with E-state index < -0.39 is 5.97 Å². The van der Waals surface area contributed by atoms with Gasteiger partial charge in [-0.3, -0.25) is 4.79 Å². The molecule has 0 bridgehead atoms. The number of carbonyl (C=O) groups is 1. The van der Waals surface area contributed by atoms with Crippen molar-refractivity contribution in [2.45, 2.75) is 20.0 Å². The van der Waals surface area contributed by atoms with Gasteiger partial charge in [-0.15, -0.1) is 0 Å². The molecule has 3 aromatic rings. The number of carbonyl (C=O) groups excluding carboxylic acids is 1. The van der Waals surface area contributed by atoms with E-state index in [-0.39, 0.29) is 52.0 Å². The zero-order valence-corrected chi connectivity index (χ0v) is 16.2. The summed E-state index contributed by atoms with van der Waals surface area (Å²) in [6.45, 7) is 3.82. The maximum absolute atomic E-state index is 12.4. The van der Waals surface area contributed by atoms with E-state index in [2.05, 4.69) is 0 Å². The predicted molar refractivity (Wildman–Crippen MR) is 88.0 cm³/mol. The number of rotatable bonds is 4. The van der Waals surface area contributed by atoms with E-state index in [1.54, 1.807) is 12.1 Å². The molecule has 0 aliphatic heterocycles. The quantitative estimate of drug-likeness (QED) is 0.602. The monoisotopic (exact) mass is 346 g/mol. The molecule has 25 heavy (non-hydrogen) atoms. The molecule has 0 aliphatic rings. The van der Waals surface area contributed by atoms with Crippen LogP contribution in [0.5, 0.6) is 5.75 Å². The molecule has 0 N–H and O–H groups in total. The van der Waals surface area contributed by atoms with Crippen LogP contribution in [0.15, 0.2) is 57.7 Å². The number of benzene rings is 2. The van der Waals surface area contributed by atoms with Crippen LogP contribution in [0.3, 0.4) is 0 Å². The number of ether oxygens (including phenoxy) is 1. The first-order valence-corrected chi connectivity index (χ1v) is 7.51. The zero-order chi connectivity index (χ0) is 17.3. The van der Waals surface area contributed by atoms with E-state index in [4.69, 9.17) is 9.15 Å². The summed E-state index contributed by atoms with van der Waals surface area (Å²) in [4.78, 5) is 23.3. The van der Waals surface area contributed by atoms with Gasteiger partial charge in [-0.2, -0.15) is 0 Å². The number of fused-ring (bicyclic) bond motifs is 1. The van der Waals surface area contributed by atoms with Gasteiger partial charge in [-0.1, -0.05) is 12.1 Å². The number of hydrogen-bond donors (Lipinski definition) is 0. The van der Waals surface area contributed by atoms with Gasteiger partial charge in [0.2, 0.25) is 0 Å².